The van der Waals surface area contributed by atoms with Crippen LogP contribution in [0.15, 0.2) is 34.5 Å². The number of benzene rings is 1. The molecule has 0 bridgehead atoms. The second-order valence-electron chi connectivity index (χ2n) is 7.13. The third-order valence-corrected chi connectivity index (χ3v) is 5.86. The van der Waals surface area contributed by atoms with E-state index in [4.69, 9.17) is 4.74 Å². The van der Waals surface area contributed by atoms with Crippen molar-refractivity contribution in [2.75, 3.05) is 11.9 Å². The van der Waals surface area contributed by atoms with Crippen LogP contribution in [-0.4, -0.2) is 40.5 Å². The zero-order chi connectivity index (χ0) is 21.3. The number of carbonyl (C=O) groups excluding carboxylic acids is 3. The molecule has 2 aliphatic rings. The van der Waals surface area contributed by atoms with Crippen LogP contribution >= 0.6 is 11.8 Å². The first-order valence-corrected chi connectivity index (χ1v) is 11.1. The molecule has 3 rings (SSSR count). The molecule has 1 aliphatic carbocycles. The third kappa shape index (κ3) is 6.41. The molecular formula is C21H26N4O4S. The summed E-state index contributed by atoms with van der Waals surface area (Å²) in [4.78, 5) is 36.2. The molecule has 1 aliphatic heterocycles. The molecule has 8 nitrogen and oxygen atoms in total. The molecule has 1 aromatic rings. The molecule has 2 N–H and O–H groups in total. The monoisotopic (exact) mass is 430 g/mol. The summed E-state index contributed by atoms with van der Waals surface area (Å²) in [6, 6.07) is 6.42. The minimum atomic E-state index is -0.545. The number of hydrogen-bond acceptors (Lipinski definition) is 7. The number of nitrogens with zero attached hydrogens (tertiary/aromatic N) is 2. The first-order valence-electron chi connectivity index (χ1n) is 10.2. The Bertz CT molecular complexity index is 841. The smallest absolute Gasteiger partial charge is 0.338 e. The summed E-state index contributed by atoms with van der Waals surface area (Å²) in [6.07, 6.45) is 6.64. The number of carbonyl (C=O) groups is 3. The average Bonchev–Trinajstić information content (AvgIpc) is 2.92. The fraction of sp³-hybridized carbons (Fsp3) is 0.476. The van der Waals surface area contributed by atoms with E-state index in [2.05, 4.69) is 20.8 Å². The van der Waals surface area contributed by atoms with Gasteiger partial charge < -0.3 is 15.4 Å². The zero-order valence-corrected chi connectivity index (χ0v) is 17.8. The van der Waals surface area contributed by atoms with Crippen molar-refractivity contribution in [3.05, 3.63) is 29.8 Å². The Morgan fingerprint density at radius 2 is 1.83 bits per heavy atom. The van der Waals surface area contributed by atoms with E-state index in [1.807, 2.05) is 0 Å². The van der Waals surface area contributed by atoms with E-state index in [1.54, 1.807) is 31.2 Å². The van der Waals surface area contributed by atoms with Crippen LogP contribution in [0.4, 0.5) is 5.69 Å². The summed E-state index contributed by atoms with van der Waals surface area (Å²) >= 11 is 1.22. The predicted molar refractivity (Wildman–Crippen MR) is 118 cm³/mol. The van der Waals surface area contributed by atoms with E-state index >= 15 is 0 Å². The van der Waals surface area contributed by atoms with Gasteiger partial charge in [-0.3, -0.25) is 9.59 Å². The summed E-state index contributed by atoms with van der Waals surface area (Å²) in [5, 5.41) is 13.8. The van der Waals surface area contributed by atoms with Crippen molar-refractivity contribution < 1.29 is 19.1 Å². The van der Waals surface area contributed by atoms with Gasteiger partial charge in [-0.15, -0.1) is 5.10 Å². The number of hydrogen-bond donors (Lipinski definition) is 2. The van der Waals surface area contributed by atoms with E-state index in [9.17, 15) is 14.4 Å². The normalized spacial score (nSPS) is 20.4. The fourth-order valence-corrected chi connectivity index (χ4v) is 4.14. The van der Waals surface area contributed by atoms with Gasteiger partial charge >= 0.3 is 5.97 Å². The van der Waals surface area contributed by atoms with Crippen LogP contribution in [0.1, 0.15) is 62.2 Å². The number of rotatable bonds is 6. The Morgan fingerprint density at radius 3 is 2.50 bits per heavy atom. The molecule has 2 amide bonds. The van der Waals surface area contributed by atoms with Gasteiger partial charge in [0.1, 0.15) is 5.25 Å². The molecule has 160 valence electrons. The number of amides is 2. The Kier molecular flexibility index (Phi) is 8.01. The molecule has 2 fully saturated rings. The minimum absolute atomic E-state index is 0.0196. The molecule has 1 atom stereocenters. The summed E-state index contributed by atoms with van der Waals surface area (Å²) < 4.78 is 4.93. The fourth-order valence-electron chi connectivity index (χ4n) is 3.22. The molecule has 0 unspecified atom stereocenters. The summed E-state index contributed by atoms with van der Waals surface area (Å²) in [7, 11) is 0. The maximum absolute atomic E-state index is 12.3. The van der Waals surface area contributed by atoms with Crippen LogP contribution < -0.4 is 10.6 Å². The number of ether oxygens (including phenoxy) is 1. The van der Waals surface area contributed by atoms with Crippen molar-refractivity contribution in [1.82, 2.24) is 5.32 Å². The first kappa shape index (κ1) is 22.0. The van der Waals surface area contributed by atoms with Gasteiger partial charge in [0.25, 0.3) is 0 Å². The van der Waals surface area contributed by atoms with Crippen LogP contribution in [0.25, 0.3) is 0 Å². The van der Waals surface area contributed by atoms with Gasteiger partial charge in [0, 0.05) is 17.8 Å². The lowest BCUT2D eigenvalue weighted by Gasteiger charge is -2.08. The van der Waals surface area contributed by atoms with Crippen LogP contribution in [0.3, 0.4) is 0 Å². The van der Waals surface area contributed by atoms with Gasteiger partial charge in [-0.25, -0.2) is 4.79 Å². The molecule has 30 heavy (non-hydrogen) atoms. The number of amidine groups is 1. The molecule has 9 heteroatoms. The van der Waals surface area contributed by atoms with Gasteiger partial charge in [0.15, 0.2) is 5.17 Å². The molecule has 0 radical (unpaired) electrons. The Hall–Kier alpha value is -2.68. The van der Waals surface area contributed by atoms with E-state index in [0.717, 1.165) is 31.4 Å². The Morgan fingerprint density at radius 1 is 1.13 bits per heavy atom. The van der Waals surface area contributed by atoms with Crippen molar-refractivity contribution in [2.45, 2.75) is 57.1 Å². The number of esters is 1. The van der Waals surface area contributed by atoms with Crippen molar-refractivity contribution in [1.29, 1.82) is 0 Å². The standard InChI is InChI=1S/C21H26N4O4S/c1-2-29-20(28)14-9-11-15(12-10-14)22-18(26)13-17-19(27)23-21(30-17)25-24-16-7-5-3-4-6-8-16/h9-12,17H,2-8,13H2,1H3,(H,22,26)(H,23,25,27)/t17-/m0/s1. The highest BCUT2D eigenvalue weighted by Gasteiger charge is 2.32. The number of thioether (sulfide) groups is 1. The molecule has 1 saturated carbocycles. The maximum atomic E-state index is 12.3. The molecule has 1 aromatic carbocycles. The lowest BCUT2D eigenvalue weighted by Crippen LogP contribution is -2.28. The number of nitrogens with one attached hydrogen (secondary N) is 2. The molecule has 0 aromatic heterocycles. The SMILES string of the molecule is CCOC(=O)c1ccc(NC(=O)C[C@@H]2S/C(=N/N=C3CCCCCC3)NC2=O)cc1. The first-order chi connectivity index (χ1) is 14.5. The molecule has 0 spiro atoms. The highest BCUT2D eigenvalue weighted by Crippen LogP contribution is 2.24. The predicted octanol–water partition coefficient (Wildman–Crippen LogP) is 3.49. The summed E-state index contributed by atoms with van der Waals surface area (Å²) in [5.74, 6) is -0.941. The van der Waals surface area contributed by atoms with Crippen LogP contribution in [-0.2, 0) is 14.3 Å². The zero-order valence-electron chi connectivity index (χ0n) is 17.0. The van der Waals surface area contributed by atoms with E-state index in [1.165, 1.54) is 24.6 Å². The van der Waals surface area contributed by atoms with Crippen molar-refractivity contribution in [3.8, 4) is 0 Å². The summed E-state index contributed by atoms with van der Waals surface area (Å²) in [6.45, 7) is 2.04. The largest absolute Gasteiger partial charge is 0.462 e. The van der Waals surface area contributed by atoms with Gasteiger partial charge in [0.05, 0.1) is 12.2 Å². The second-order valence-corrected chi connectivity index (χ2v) is 8.32. The van der Waals surface area contributed by atoms with E-state index in [-0.39, 0.29) is 18.2 Å². The lowest BCUT2D eigenvalue weighted by molar-refractivity contribution is -0.122. The second kappa shape index (κ2) is 10.9. The highest BCUT2D eigenvalue weighted by molar-refractivity contribution is 8.15. The van der Waals surface area contributed by atoms with Gasteiger partial charge in [-0.05, 0) is 56.9 Å². The maximum Gasteiger partial charge on any atom is 0.338 e. The Balaban J connectivity index is 1.51. The summed E-state index contributed by atoms with van der Waals surface area (Å²) in [5.41, 5.74) is 2.03. The third-order valence-electron chi connectivity index (χ3n) is 4.79. The van der Waals surface area contributed by atoms with Crippen molar-refractivity contribution in [3.63, 3.8) is 0 Å². The highest BCUT2D eigenvalue weighted by atomic mass is 32.2. The van der Waals surface area contributed by atoms with Crippen molar-refractivity contribution >= 4 is 46.1 Å². The lowest BCUT2D eigenvalue weighted by atomic mass is 10.2. The average molecular weight is 431 g/mol. The molecular weight excluding hydrogens is 404 g/mol. The van der Waals surface area contributed by atoms with E-state index < -0.39 is 11.2 Å². The van der Waals surface area contributed by atoms with E-state index in [0.29, 0.717) is 23.0 Å². The molecule has 1 heterocycles. The van der Waals surface area contributed by atoms with Crippen LogP contribution in [0.2, 0.25) is 0 Å². The van der Waals surface area contributed by atoms with Gasteiger partial charge in [-0.1, -0.05) is 24.6 Å². The Labute approximate surface area is 179 Å². The van der Waals surface area contributed by atoms with Gasteiger partial charge in [0.2, 0.25) is 11.8 Å². The number of anilines is 1. The van der Waals surface area contributed by atoms with Crippen LogP contribution in [0.5, 0.6) is 0 Å². The van der Waals surface area contributed by atoms with Gasteiger partial charge in [-0.2, -0.15) is 5.10 Å². The van der Waals surface area contributed by atoms with Crippen molar-refractivity contribution in [2.24, 2.45) is 10.2 Å². The quantitative estimate of drug-likeness (QED) is 0.408. The minimum Gasteiger partial charge on any atom is -0.462 e. The van der Waals surface area contributed by atoms with Crippen LogP contribution in [0, 0.1) is 0 Å². The topological polar surface area (TPSA) is 109 Å². The molecule has 1 saturated heterocycles.